The quantitative estimate of drug-likeness (QED) is 0.741. The van der Waals surface area contributed by atoms with Gasteiger partial charge in [0, 0.05) is 11.9 Å². The SMILES string of the molecule is NC(=S)Nc1ccc(S(=O)(=O)Nc2ccccn2)cc1. The highest BCUT2D eigenvalue weighted by atomic mass is 32.2. The van der Waals surface area contributed by atoms with Gasteiger partial charge in [0.25, 0.3) is 10.0 Å². The van der Waals surface area contributed by atoms with E-state index in [1.165, 1.54) is 18.3 Å². The third-order valence-corrected chi connectivity index (χ3v) is 3.81. The summed E-state index contributed by atoms with van der Waals surface area (Å²) in [4.78, 5) is 4.03. The molecule has 0 aliphatic heterocycles. The Hall–Kier alpha value is -2.19. The fraction of sp³-hybridized carbons (Fsp3) is 0. The van der Waals surface area contributed by atoms with Gasteiger partial charge in [-0.05, 0) is 48.6 Å². The normalized spacial score (nSPS) is 10.8. The third-order valence-electron chi connectivity index (χ3n) is 2.34. The molecule has 2 rings (SSSR count). The molecular weight excluding hydrogens is 296 g/mol. The zero-order valence-corrected chi connectivity index (χ0v) is 11.9. The summed E-state index contributed by atoms with van der Waals surface area (Å²) >= 11 is 4.70. The fourth-order valence-electron chi connectivity index (χ4n) is 1.48. The molecule has 0 atom stereocenters. The zero-order chi connectivity index (χ0) is 14.6. The molecule has 104 valence electrons. The minimum Gasteiger partial charge on any atom is -0.376 e. The first kappa shape index (κ1) is 14.2. The van der Waals surface area contributed by atoms with Crippen molar-refractivity contribution in [1.29, 1.82) is 0 Å². The van der Waals surface area contributed by atoms with Crippen LogP contribution in [0.5, 0.6) is 0 Å². The summed E-state index contributed by atoms with van der Waals surface area (Å²) in [7, 11) is -3.66. The van der Waals surface area contributed by atoms with Gasteiger partial charge in [0.1, 0.15) is 5.82 Å². The number of thiocarbonyl (C=S) groups is 1. The molecule has 0 amide bonds. The molecule has 0 radical (unpaired) electrons. The van der Waals surface area contributed by atoms with Crippen LogP contribution >= 0.6 is 12.2 Å². The number of nitrogens with one attached hydrogen (secondary N) is 2. The van der Waals surface area contributed by atoms with E-state index in [4.69, 9.17) is 18.0 Å². The lowest BCUT2D eigenvalue weighted by Crippen LogP contribution is -2.19. The smallest absolute Gasteiger partial charge is 0.263 e. The van der Waals surface area contributed by atoms with E-state index < -0.39 is 10.0 Å². The lowest BCUT2D eigenvalue weighted by atomic mass is 10.3. The molecule has 1 aromatic carbocycles. The van der Waals surface area contributed by atoms with Crippen LogP contribution in [0.4, 0.5) is 11.5 Å². The van der Waals surface area contributed by atoms with Crippen molar-refractivity contribution < 1.29 is 8.42 Å². The van der Waals surface area contributed by atoms with Crippen LogP contribution in [-0.2, 0) is 10.0 Å². The minimum atomic E-state index is -3.66. The maximum absolute atomic E-state index is 12.1. The van der Waals surface area contributed by atoms with Crippen molar-refractivity contribution in [2.75, 3.05) is 10.0 Å². The predicted octanol–water partition coefficient (Wildman–Crippen LogP) is 1.54. The van der Waals surface area contributed by atoms with Crippen molar-refractivity contribution in [2.24, 2.45) is 5.73 Å². The fourth-order valence-corrected chi connectivity index (χ4v) is 2.61. The molecule has 0 aliphatic carbocycles. The van der Waals surface area contributed by atoms with Crippen molar-refractivity contribution in [1.82, 2.24) is 4.98 Å². The third kappa shape index (κ3) is 3.65. The van der Waals surface area contributed by atoms with E-state index in [1.54, 1.807) is 30.3 Å². The number of pyridine rings is 1. The standard InChI is InChI=1S/C12H12N4O2S2/c13-12(19)15-9-4-6-10(7-5-9)20(17,18)16-11-3-1-2-8-14-11/h1-8H,(H,14,16)(H3,13,15,19). The molecule has 6 nitrogen and oxygen atoms in total. The molecule has 4 N–H and O–H groups in total. The number of hydrogen-bond acceptors (Lipinski definition) is 4. The molecule has 0 unspecified atom stereocenters. The van der Waals surface area contributed by atoms with Crippen LogP contribution in [0.2, 0.25) is 0 Å². The van der Waals surface area contributed by atoms with Crippen LogP contribution < -0.4 is 15.8 Å². The second-order valence-corrected chi connectivity index (χ2v) is 5.96. The van der Waals surface area contributed by atoms with Gasteiger partial charge in [0.2, 0.25) is 0 Å². The maximum Gasteiger partial charge on any atom is 0.263 e. The second kappa shape index (κ2) is 5.85. The zero-order valence-electron chi connectivity index (χ0n) is 10.3. The van der Waals surface area contributed by atoms with Crippen LogP contribution in [0.25, 0.3) is 0 Å². The molecular formula is C12H12N4O2S2. The van der Waals surface area contributed by atoms with Gasteiger partial charge in [-0.2, -0.15) is 0 Å². The van der Waals surface area contributed by atoms with Crippen LogP contribution in [0.1, 0.15) is 0 Å². The number of nitrogens with two attached hydrogens (primary N) is 1. The van der Waals surface area contributed by atoms with Crippen LogP contribution in [-0.4, -0.2) is 18.5 Å². The number of sulfonamides is 1. The summed E-state index contributed by atoms with van der Waals surface area (Å²) in [5, 5.41) is 2.83. The highest BCUT2D eigenvalue weighted by Gasteiger charge is 2.14. The molecule has 0 fully saturated rings. The Bertz CT molecular complexity index is 700. The van der Waals surface area contributed by atoms with Crippen molar-refractivity contribution in [3.63, 3.8) is 0 Å². The van der Waals surface area contributed by atoms with Gasteiger partial charge in [-0.1, -0.05) is 6.07 Å². The van der Waals surface area contributed by atoms with E-state index in [9.17, 15) is 8.42 Å². The van der Waals surface area contributed by atoms with Gasteiger partial charge in [-0.25, -0.2) is 13.4 Å². The first-order valence-corrected chi connectivity index (χ1v) is 7.47. The summed E-state index contributed by atoms with van der Waals surface area (Å²) in [6.07, 6.45) is 1.51. The van der Waals surface area contributed by atoms with Gasteiger partial charge in [-0.15, -0.1) is 0 Å². The molecule has 1 heterocycles. The summed E-state index contributed by atoms with van der Waals surface area (Å²) in [5.41, 5.74) is 5.95. The highest BCUT2D eigenvalue weighted by molar-refractivity contribution is 7.92. The highest BCUT2D eigenvalue weighted by Crippen LogP contribution is 2.16. The van der Waals surface area contributed by atoms with E-state index in [2.05, 4.69) is 15.0 Å². The largest absolute Gasteiger partial charge is 0.376 e. The van der Waals surface area contributed by atoms with E-state index >= 15 is 0 Å². The van der Waals surface area contributed by atoms with Crippen molar-refractivity contribution >= 4 is 38.9 Å². The molecule has 1 aromatic heterocycles. The number of aromatic nitrogens is 1. The first-order chi connectivity index (χ1) is 9.47. The molecule has 2 aromatic rings. The van der Waals surface area contributed by atoms with E-state index in [0.29, 0.717) is 5.69 Å². The van der Waals surface area contributed by atoms with E-state index in [1.807, 2.05) is 0 Å². The monoisotopic (exact) mass is 308 g/mol. The van der Waals surface area contributed by atoms with Gasteiger partial charge in [0.05, 0.1) is 4.90 Å². The molecule has 0 bridgehead atoms. The summed E-state index contributed by atoms with van der Waals surface area (Å²) < 4.78 is 26.6. The Morgan fingerprint density at radius 3 is 2.40 bits per heavy atom. The Kier molecular flexibility index (Phi) is 4.16. The topological polar surface area (TPSA) is 97.1 Å². The molecule has 0 aliphatic rings. The average Bonchev–Trinajstić information content (AvgIpc) is 2.39. The molecule has 0 spiro atoms. The van der Waals surface area contributed by atoms with E-state index in [0.717, 1.165) is 0 Å². The van der Waals surface area contributed by atoms with E-state index in [-0.39, 0.29) is 15.8 Å². The molecule has 0 saturated heterocycles. The number of rotatable bonds is 4. The lowest BCUT2D eigenvalue weighted by Gasteiger charge is -2.08. The van der Waals surface area contributed by atoms with Crippen molar-refractivity contribution in [3.05, 3.63) is 48.7 Å². The Labute approximate surface area is 122 Å². The number of nitrogens with zero attached hydrogens (tertiary/aromatic N) is 1. The van der Waals surface area contributed by atoms with Crippen LogP contribution in [0.15, 0.2) is 53.6 Å². The van der Waals surface area contributed by atoms with Gasteiger partial charge in [0.15, 0.2) is 5.11 Å². The van der Waals surface area contributed by atoms with Gasteiger partial charge >= 0.3 is 0 Å². The number of benzene rings is 1. The molecule has 0 saturated carbocycles. The summed E-state index contributed by atoms with van der Waals surface area (Å²) in [6, 6.07) is 11.0. The minimum absolute atomic E-state index is 0.118. The summed E-state index contributed by atoms with van der Waals surface area (Å²) in [6.45, 7) is 0. The predicted molar refractivity (Wildman–Crippen MR) is 81.9 cm³/mol. The average molecular weight is 308 g/mol. The van der Waals surface area contributed by atoms with Gasteiger partial charge < -0.3 is 11.1 Å². The van der Waals surface area contributed by atoms with Crippen molar-refractivity contribution in [2.45, 2.75) is 4.90 Å². The Morgan fingerprint density at radius 2 is 1.85 bits per heavy atom. The molecule has 20 heavy (non-hydrogen) atoms. The Morgan fingerprint density at radius 1 is 1.15 bits per heavy atom. The first-order valence-electron chi connectivity index (χ1n) is 5.58. The van der Waals surface area contributed by atoms with Crippen LogP contribution in [0, 0.1) is 0 Å². The second-order valence-electron chi connectivity index (χ2n) is 3.83. The van der Waals surface area contributed by atoms with Crippen LogP contribution in [0.3, 0.4) is 0 Å². The van der Waals surface area contributed by atoms with Crippen molar-refractivity contribution in [3.8, 4) is 0 Å². The number of hydrogen-bond donors (Lipinski definition) is 3. The van der Waals surface area contributed by atoms with Gasteiger partial charge in [-0.3, -0.25) is 4.72 Å². The maximum atomic E-state index is 12.1. The lowest BCUT2D eigenvalue weighted by molar-refractivity contribution is 0.601. The summed E-state index contributed by atoms with van der Waals surface area (Å²) in [5.74, 6) is 0.262. The molecule has 8 heteroatoms. The number of anilines is 2. The Balaban J connectivity index is 2.19.